The van der Waals surface area contributed by atoms with Crippen molar-refractivity contribution in [2.45, 2.75) is 40.2 Å². The molecule has 2 nitrogen and oxygen atoms in total. The summed E-state index contributed by atoms with van der Waals surface area (Å²) in [5.74, 6) is 0.182. The van der Waals surface area contributed by atoms with Crippen molar-refractivity contribution in [2.24, 2.45) is 4.99 Å². The van der Waals surface area contributed by atoms with Gasteiger partial charge in [0, 0.05) is 18.2 Å². The molecular weight excluding hydrogens is 126 g/mol. The normalized spacial score (nSPS) is 12.3. The van der Waals surface area contributed by atoms with Gasteiger partial charge in [0.1, 0.15) is 5.78 Å². The first kappa shape index (κ1) is 9.34. The molecule has 0 aromatic heterocycles. The van der Waals surface area contributed by atoms with Crippen LogP contribution in [0.25, 0.3) is 0 Å². The fourth-order valence-corrected chi connectivity index (χ4v) is 0.847. The first-order valence-corrected chi connectivity index (χ1v) is 3.55. The molecule has 0 aliphatic heterocycles. The van der Waals surface area contributed by atoms with Crippen molar-refractivity contribution in [1.29, 1.82) is 0 Å². The van der Waals surface area contributed by atoms with Gasteiger partial charge >= 0.3 is 0 Å². The summed E-state index contributed by atoms with van der Waals surface area (Å²) in [6.45, 7) is 7.48. The molecular formula is C8H15NO. The van der Waals surface area contributed by atoms with E-state index in [2.05, 4.69) is 4.99 Å². The van der Waals surface area contributed by atoms with Gasteiger partial charge in [-0.05, 0) is 27.7 Å². The van der Waals surface area contributed by atoms with Crippen LogP contribution in [0.4, 0.5) is 0 Å². The lowest BCUT2D eigenvalue weighted by molar-refractivity contribution is -0.115. The van der Waals surface area contributed by atoms with Gasteiger partial charge < -0.3 is 0 Å². The number of hydrogen-bond donors (Lipinski definition) is 0. The Morgan fingerprint density at radius 3 is 2.20 bits per heavy atom. The van der Waals surface area contributed by atoms with Crippen molar-refractivity contribution in [3.63, 3.8) is 0 Å². The van der Waals surface area contributed by atoms with Crippen molar-refractivity contribution in [1.82, 2.24) is 0 Å². The minimum Gasteiger partial charge on any atom is -0.300 e. The molecule has 0 spiro atoms. The number of Topliss-reactive ketones (excluding diaryl/α,β-unsaturated/α-hetero) is 1. The predicted molar refractivity (Wildman–Crippen MR) is 43.5 cm³/mol. The number of carbonyl (C=O) groups is 1. The van der Waals surface area contributed by atoms with Gasteiger partial charge in [0.15, 0.2) is 0 Å². The number of aliphatic imine (C=N–C) groups is 1. The van der Waals surface area contributed by atoms with Crippen LogP contribution in [0.2, 0.25) is 0 Å². The third kappa shape index (κ3) is 5.48. The summed E-state index contributed by atoms with van der Waals surface area (Å²) in [7, 11) is 0. The molecule has 0 atom stereocenters. The van der Waals surface area contributed by atoms with Crippen LogP contribution in [-0.2, 0) is 4.79 Å². The second kappa shape index (κ2) is 4.20. The van der Waals surface area contributed by atoms with Crippen LogP contribution >= 0.6 is 0 Å². The number of carbonyl (C=O) groups excluding carboxylic acids is 1. The van der Waals surface area contributed by atoms with Crippen LogP contribution < -0.4 is 0 Å². The fraction of sp³-hybridized carbons (Fsp3) is 0.750. The van der Waals surface area contributed by atoms with E-state index in [-0.39, 0.29) is 5.78 Å². The first-order chi connectivity index (χ1) is 4.52. The molecule has 0 heterocycles. The fourth-order valence-electron chi connectivity index (χ4n) is 0.847. The van der Waals surface area contributed by atoms with Crippen LogP contribution in [0, 0.1) is 0 Å². The number of ketones is 1. The molecule has 0 radical (unpaired) electrons. The molecule has 0 aromatic rings. The standard InChI is InChI=1S/C8H15NO/c1-6(2)9-7(3)5-8(4)10/h6H,5H2,1-4H3. The number of hydrogen-bond acceptors (Lipinski definition) is 2. The average Bonchev–Trinajstić information content (AvgIpc) is 1.58. The maximum Gasteiger partial charge on any atom is 0.135 e. The quantitative estimate of drug-likeness (QED) is 0.551. The minimum atomic E-state index is 0.182. The molecule has 0 bridgehead atoms. The zero-order chi connectivity index (χ0) is 8.15. The lowest BCUT2D eigenvalue weighted by Crippen LogP contribution is -2.03. The minimum absolute atomic E-state index is 0.182. The van der Waals surface area contributed by atoms with Crippen LogP contribution in [0.1, 0.15) is 34.1 Å². The van der Waals surface area contributed by atoms with E-state index in [9.17, 15) is 4.79 Å². The molecule has 0 aromatic carbocycles. The van der Waals surface area contributed by atoms with E-state index < -0.39 is 0 Å². The monoisotopic (exact) mass is 141 g/mol. The molecule has 2 heteroatoms. The highest BCUT2D eigenvalue weighted by molar-refractivity contribution is 5.99. The molecule has 0 rings (SSSR count). The summed E-state index contributed by atoms with van der Waals surface area (Å²) in [6, 6.07) is 0.305. The summed E-state index contributed by atoms with van der Waals surface area (Å²) in [4.78, 5) is 14.8. The maximum absolute atomic E-state index is 10.6. The van der Waals surface area contributed by atoms with Crippen molar-refractivity contribution in [3.05, 3.63) is 0 Å². The zero-order valence-corrected chi connectivity index (χ0v) is 7.14. The third-order valence-electron chi connectivity index (χ3n) is 0.983. The van der Waals surface area contributed by atoms with Gasteiger partial charge in [-0.15, -0.1) is 0 Å². The predicted octanol–water partition coefficient (Wildman–Crippen LogP) is 1.83. The second-order valence-corrected chi connectivity index (χ2v) is 2.84. The van der Waals surface area contributed by atoms with E-state index in [1.807, 2.05) is 20.8 Å². The van der Waals surface area contributed by atoms with Crippen LogP contribution in [0.5, 0.6) is 0 Å². The molecule has 0 N–H and O–H groups in total. The molecule has 0 aliphatic carbocycles. The summed E-state index contributed by atoms with van der Waals surface area (Å²) in [5.41, 5.74) is 0.933. The highest BCUT2D eigenvalue weighted by Gasteiger charge is 1.96. The Balaban J connectivity index is 3.82. The highest BCUT2D eigenvalue weighted by atomic mass is 16.1. The van der Waals surface area contributed by atoms with Gasteiger partial charge in [-0.1, -0.05) is 0 Å². The van der Waals surface area contributed by atoms with Crippen molar-refractivity contribution in [2.75, 3.05) is 0 Å². The van der Waals surface area contributed by atoms with E-state index in [0.717, 1.165) is 5.71 Å². The zero-order valence-electron chi connectivity index (χ0n) is 7.14. The van der Waals surface area contributed by atoms with Crippen molar-refractivity contribution < 1.29 is 4.79 Å². The lowest BCUT2D eigenvalue weighted by Gasteiger charge is -1.99. The molecule has 10 heavy (non-hydrogen) atoms. The van der Waals surface area contributed by atoms with E-state index in [1.165, 1.54) is 0 Å². The Hall–Kier alpha value is -0.660. The van der Waals surface area contributed by atoms with Crippen molar-refractivity contribution in [3.8, 4) is 0 Å². The topological polar surface area (TPSA) is 29.4 Å². The van der Waals surface area contributed by atoms with Gasteiger partial charge in [0.05, 0.1) is 0 Å². The summed E-state index contributed by atoms with van der Waals surface area (Å²) in [6.07, 6.45) is 0.498. The van der Waals surface area contributed by atoms with Gasteiger partial charge in [-0.25, -0.2) is 0 Å². The van der Waals surface area contributed by atoms with E-state index in [0.29, 0.717) is 12.5 Å². The van der Waals surface area contributed by atoms with Crippen molar-refractivity contribution >= 4 is 11.5 Å². The Morgan fingerprint density at radius 2 is 1.90 bits per heavy atom. The smallest absolute Gasteiger partial charge is 0.135 e. The van der Waals surface area contributed by atoms with Gasteiger partial charge in [-0.2, -0.15) is 0 Å². The molecule has 0 saturated heterocycles. The first-order valence-electron chi connectivity index (χ1n) is 3.55. The summed E-state index contributed by atoms with van der Waals surface area (Å²) >= 11 is 0. The molecule has 0 amide bonds. The largest absolute Gasteiger partial charge is 0.300 e. The lowest BCUT2D eigenvalue weighted by atomic mass is 10.2. The Kier molecular flexibility index (Phi) is 3.93. The summed E-state index contributed by atoms with van der Waals surface area (Å²) in [5, 5.41) is 0. The molecule has 0 fully saturated rings. The van der Waals surface area contributed by atoms with Gasteiger partial charge in [0.2, 0.25) is 0 Å². The van der Waals surface area contributed by atoms with E-state index >= 15 is 0 Å². The van der Waals surface area contributed by atoms with Gasteiger partial charge in [0.25, 0.3) is 0 Å². The molecule has 0 aliphatic rings. The summed E-state index contributed by atoms with van der Waals surface area (Å²) < 4.78 is 0. The average molecular weight is 141 g/mol. The van der Waals surface area contributed by atoms with Gasteiger partial charge in [-0.3, -0.25) is 9.79 Å². The maximum atomic E-state index is 10.6. The Labute approximate surface area is 62.4 Å². The third-order valence-corrected chi connectivity index (χ3v) is 0.983. The second-order valence-electron chi connectivity index (χ2n) is 2.84. The molecule has 0 saturated carbocycles. The molecule has 0 unspecified atom stereocenters. The van der Waals surface area contributed by atoms with E-state index in [1.54, 1.807) is 6.92 Å². The SMILES string of the molecule is CC(=O)CC(C)=NC(C)C. The van der Waals surface area contributed by atoms with Crippen LogP contribution in [-0.4, -0.2) is 17.5 Å². The number of rotatable bonds is 3. The number of nitrogens with zero attached hydrogens (tertiary/aromatic N) is 1. The van der Waals surface area contributed by atoms with E-state index in [4.69, 9.17) is 0 Å². The Bertz CT molecular complexity index is 147. The molecule has 58 valence electrons. The van der Waals surface area contributed by atoms with Crippen LogP contribution in [0.15, 0.2) is 4.99 Å². The Morgan fingerprint density at radius 1 is 1.40 bits per heavy atom. The van der Waals surface area contributed by atoms with Crippen LogP contribution in [0.3, 0.4) is 0 Å². The highest BCUT2D eigenvalue weighted by Crippen LogP contribution is 1.92.